The Kier molecular flexibility index (Phi) is 4.93. The van der Waals surface area contributed by atoms with Crippen molar-refractivity contribution in [3.05, 3.63) is 11.7 Å². The standard InChI is InChI=1S/C15H25N5O3/c1-11-16-15(23-17-11)13-8-12(22-3)9-20(13)10-14(21)19-6-4-18(2)5-7-19/h12-13H,4-10H2,1-3H3/t12-,13-/m1/s1. The summed E-state index contributed by atoms with van der Waals surface area (Å²) in [6.07, 6.45) is 0.862. The van der Waals surface area contributed by atoms with Gasteiger partial charge in [-0.05, 0) is 20.4 Å². The van der Waals surface area contributed by atoms with Crippen LogP contribution in [0.2, 0.25) is 0 Å². The van der Waals surface area contributed by atoms with E-state index in [-0.39, 0.29) is 18.1 Å². The highest BCUT2D eigenvalue weighted by atomic mass is 16.5. The van der Waals surface area contributed by atoms with E-state index in [2.05, 4.69) is 27.0 Å². The largest absolute Gasteiger partial charge is 0.380 e. The van der Waals surface area contributed by atoms with Crippen LogP contribution in [-0.2, 0) is 9.53 Å². The Morgan fingerprint density at radius 3 is 2.70 bits per heavy atom. The van der Waals surface area contributed by atoms with Crippen molar-refractivity contribution in [2.45, 2.75) is 25.5 Å². The molecule has 2 fully saturated rings. The molecular weight excluding hydrogens is 298 g/mol. The Labute approximate surface area is 136 Å². The summed E-state index contributed by atoms with van der Waals surface area (Å²) < 4.78 is 10.8. The first-order valence-electron chi connectivity index (χ1n) is 8.10. The topological polar surface area (TPSA) is 74.9 Å². The lowest BCUT2D eigenvalue weighted by molar-refractivity contribution is -0.134. The van der Waals surface area contributed by atoms with Crippen LogP contribution in [0.5, 0.6) is 0 Å². The number of carbonyl (C=O) groups is 1. The molecule has 2 atom stereocenters. The molecule has 1 amide bonds. The monoisotopic (exact) mass is 323 g/mol. The molecule has 3 rings (SSSR count). The maximum atomic E-state index is 12.6. The number of likely N-dealkylation sites (tertiary alicyclic amines) is 1. The quantitative estimate of drug-likeness (QED) is 0.767. The van der Waals surface area contributed by atoms with Crippen LogP contribution in [0.25, 0.3) is 0 Å². The van der Waals surface area contributed by atoms with Gasteiger partial charge < -0.3 is 19.1 Å². The van der Waals surface area contributed by atoms with E-state index < -0.39 is 0 Å². The molecule has 8 nitrogen and oxygen atoms in total. The molecule has 128 valence electrons. The van der Waals surface area contributed by atoms with E-state index in [0.717, 1.165) is 32.6 Å². The highest BCUT2D eigenvalue weighted by molar-refractivity contribution is 5.78. The van der Waals surface area contributed by atoms with Crippen molar-refractivity contribution in [2.24, 2.45) is 0 Å². The molecule has 0 aliphatic carbocycles. The SMILES string of the molecule is CO[C@@H]1C[C@H](c2nc(C)no2)N(CC(=O)N2CCN(C)CC2)C1. The second-order valence-corrected chi connectivity index (χ2v) is 6.40. The van der Waals surface area contributed by atoms with Crippen molar-refractivity contribution in [1.82, 2.24) is 24.8 Å². The lowest BCUT2D eigenvalue weighted by Crippen LogP contribution is -2.50. The molecule has 1 aromatic heterocycles. The van der Waals surface area contributed by atoms with Gasteiger partial charge in [0.2, 0.25) is 11.8 Å². The molecule has 0 bridgehead atoms. The van der Waals surface area contributed by atoms with Gasteiger partial charge in [0.05, 0.1) is 18.7 Å². The third-order valence-corrected chi connectivity index (χ3v) is 4.72. The molecule has 8 heteroatoms. The fraction of sp³-hybridized carbons (Fsp3) is 0.800. The van der Waals surface area contributed by atoms with Crippen molar-refractivity contribution >= 4 is 5.91 Å². The first-order chi connectivity index (χ1) is 11.1. The van der Waals surface area contributed by atoms with Gasteiger partial charge in [-0.15, -0.1) is 0 Å². The summed E-state index contributed by atoms with van der Waals surface area (Å²) in [7, 11) is 3.78. The van der Waals surface area contributed by atoms with Gasteiger partial charge in [-0.2, -0.15) is 4.98 Å². The minimum absolute atomic E-state index is 0.0439. The molecule has 0 aromatic carbocycles. The summed E-state index contributed by atoms with van der Waals surface area (Å²) in [4.78, 5) is 23.2. The third kappa shape index (κ3) is 3.70. The number of aryl methyl sites for hydroxylation is 1. The van der Waals surface area contributed by atoms with Gasteiger partial charge in [0, 0.05) is 39.8 Å². The number of rotatable bonds is 4. The fourth-order valence-corrected chi connectivity index (χ4v) is 3.24. The number of carbonyl (C=O) groups excluding carboxylic acids is 1. The van der Waals surface area contributed by atoms with Crippen LogP contribution < -0.4 is 0 Å². The van der Waals surface area contributed by atoms with E-state index in [1.54, 1.807) is 14.0 Å². The average molecular weight is 323 g/mol. The molecule has 2 aliphatic heterocycles. The van der Waals surface area contributed by atoms with E-state index >= 15 is 0 Å². The lowest BCUT2D eigenvalue weighted by atomic mass is 10.2. The smallest absolute Gasteiger partial charge is 0.244 e. The van der Waals surface area contributed by atoms with E-state index in [9.17, 15) is 4.79 Å². The van der Waals surface area contributed by atoms with Gasteiger partial charge in [-0.1, -0.05) is 5.16 Å². The van der Waals surface area contributed by atoms with Crippen molar-refractivity contribution in [2.75, 3.05) is 53.4 Å². The first-order valence-corrected chi connectivity index (χ1v) is 8.10. The number of piperazine rings is 1. The third-order valence-electron chi connectivity index (χ3n) is 4.72. The second-order valence-electron chi connectivity index (χ2n) is 6.40. The minimum atomic E-state index is -0.0439. The van der Waals surface area contributed by atoms with E-state index in [1.165, 1.54) is 0 Å². The Hall–Kier alpha value is -1.51. The summed E-state index contributed by atoms with van der Waals surface area (Å²) in [5.41, 5.74) is 0. The molecule has 2 saturated heterocycles. The van der Waals surface area contributed by atoms with Crippen molar-refractivity contribution in [3.63, 3.8) is 0 Å². The van der Waals surface area contributed by atoms with E-state index in [0.29, 0.717) is 24.8 Å². The van der Waals surface area contributed by atoms with Crippen LogP contribution in [-0.4, -0.2) is 90.3 Å². The van der Waals surface area contributed by atoms with Gasteiger partial charge in [0.15, 0.2) is 5.82 Å². The predicted octanol–water partition coefficient (Wildman–Crippen LogP) is -0.0862. The van der Waals surface area contributed by atoms with Gasteiger partial charge in [-0.3, -0.25) is 9.69 Å². The predicted molar refractivity (Wildman–Crippen MR) is 82.8 cm³/mol. The van der Waals surface area contributed by atoms with Crippen LogP contribution >= 0.6 is 0 Å². The van der Waals surface area contributed by atoms with Crippen molar-refractivity contribution in [3.8, 4) is 0 Å². The Bertz CT molecular complexity index is 541. The summed E-state index contributed by atoms with van der Waals surface area (Å²) in [6.45, 7) is 6.33. The maximum absolute atomic E-state index is 12.6. The normalized spacial score (nSPS) is 26.8. The molecule has 0 N–H and O–H groups in total. The molecule has 1 aromatic rings. The summed E-state index contributed by atoms with van der Waals surface area (Å²) in [6, 6.07) is -0.0439. The van der Waals surface area contributed by atoms with Gasteiger partial charge >= 0.3 is 0 Å². The van der Waals surface area contributed by atoms with Crippen LogP contribution in [0.3, 0.4) is 0 Å². The highest BCUT2D eigenvalue weighted by Gasteiger charge is 2.38. The van der Waals surface area contributed by atoms with E-state index in [1.807, 2.05) is 4.90 Å². The number of hydrogen-bond donors (Lipinski definition) is 0. The second kappa shape index (κ2) is 6.94. The molecule has 0 saturated carbocycles. The summed E-state index contributed by atoms with van der Waals surface area (Å²) in [5.74, 6) is 1.36. The van der Waals surface area contributed by atoms with Crippen LogP contribution in [0.15, 0.2) is 4.52 Å². The maximum Gasteiger partial charge on any atom is 0.244 e. The Balaban J connectivity index is 1.65. The van der Waals surface area contributed by atoms with Gasteiger partial charge in [-0.25, -0.2) is 0 Å². The van der Waals surface area contributed by atoms with Gasteiger partial charge in [0.25, 0.3) is 0 Å². The summed E-state index contributed by atoms with van der Waals surface area (Å²) >= 11 is 0. The molecule has 0 radical (unpaired) electrons. The van der Waals surface area contributed by atoms with Crippen LogP contribution in [0, 0.1) is 6.92 Å². The zero-order valence-electron chi connectivity index (χ0n) is 14.1. The zero-order chi connectivity index (χ0) is 16.4. The lowest BCUT2D eigenvalue weighted by Gasteiger charge is -2.34. The van der Waals surface area contributed by atoms with Gasteiger partial charge in [0.1, 0.15) is 0 Å². The number of methoxy groups -OCH3 is 1. The minimum Gasteiger partial charge on any atom is -0.380 e. The number of amides is 1. The molecule has 2 aliphatic rings. The van der Waals surface area contributed by atoms with E-state index in [4.69, 9.17) is 9.26 Å². The van der Waals surface area contributed by atoms with Crippen molar-refractivity contribution < 1.29 is 14.1 Å². The Morgan fingerprint density at radius 1 is 1.35 bits per heavy atom. The molecule has 0 unspecified atom stereocenters. The van der Waals surface area contributed by atoms with Crippen LogP contribution in [0.1, 0.15) is 24.2 Å². The number of ether oxygens (including phenoxy) is 1. The Morgan fingerprint density at radius 2 is 2.09 bits per heavy atom. The van der Waals surface area contributed by atoms with Crippen molar-refractivity contribution in [1.29, 1.82) is 0 Å². The molecule has 0 spiro atoms. The number of hydrogen-bond acceptors (Lipinski definition) is 7. The van der Waals surface area contributed by atoms with Crippen LogP contribution in [0.4, 0.5) is 0 Å². The number of aromatic nitrogens is 2. The summed E-state index contributed by atoms with van der Waals surface area (Å²) in [5, 5.41) is 3.87. The number of nitrogens with zero attached hydrogens (tertiary/aromatic N) is 5. The molecule has 23 heavy (non-hydrogen) atoms. The molecular formula is C15H25N5O3. The molecule has 3 heterocycles. The number of likely N-dealkylation sites (N-methyl/N-ethyl adjacent to an activating group) is 1. The zero-order valence-corrected chi connectivity index (χ0v) is 14.1. The average Bonchev–Trinajstić information content (AvgIpc) is 3.14. The fourth-order valence-electron chi connectivity index (χ4n) is 3.24. The first kappa shape index (κ1) is 16.4. The highest BCUT2D eigenvalue weighted by Crippen LogP contribution is 2.32.